The van der Waals surface area contributed by atoms with Crippen LogP contribution in [0.4, 0.5) is 0 Å². The molecule has 1 aliphatic rings. The molecule has 0 spiro atoms. The average Bonchev–Trinajstić information content (AvgIpc) is 3.15. The zero-order valence-corrected chi connectivity index (χ0v) is 19.6. The number of ether oxygens (including phenoxy) is 3. The summed E-state index contributed by atoms with van der Waals surface area (Å²) in [5.41, 5.74) is 0. The molecule has 5 heteroatoms. The lowest BCUT2D eigenvalue weighted by molar-refractivity contribution is -0.191. The Kier molecular flexibility index (Phi) is 6.90. The quantitative estimate of drug-likeness (QED) is 0.438. The lowest BCUT2D eigenvalue weighted by Gasteiger charge is -2.25. The Morgan fingerprint density at radius 2 is 1.25 bits per heavy atom. The van der Waals surface area contributed by atoms with E-state index in [0.29, 0.717) is 0 Å². The lowest BCUT2D eigenvalue weighted by Crippen LogP contribution is -2.36. The van der Waals surface area contributed by atoms with Crippen molar-refractivity contribution in [1.29, 1.82) is 0 Å². The Balaban J connectivity index is 1.88. The Morgan fingerprint density at radius 3 is 1.66 bits per heavy atom. The smallest absolute Gasteiger partial charge is 0.183 e. The molecule has 0 aliphatic carbocycles. The summed E-state index contributed by atoms with van der Waals surface area (Å²) in [4.78, 5) is 0. The van der Waals surface area contributed by atoms with Gasteiger partial charge in [-0.25, -0.2) is 0 Å². The van der Waals surface area contributed by atoms with Gasteiger partial charge in [0.25, 0.3) is 0 Å². The van der Waals surface area contributed by atoms with Gasteiger partial charge < -0.3 is 19.3 Å². The molecule has 32 heavy (non-hydrogen) atoms. The predicted molar refractivity (Wildman–Crippen MR) is 131 cm³/mol. The first-order valence-electron chi connectivity index (χ1n) is 10.8. The first kappa shape index (κ1) is 22.8. The highest BCUT2D eigenvalue weighted by Gasteiger charge is 2.47. The van der Waals surface area contributed by atoms with Gasteiger partial charge in [-0.2, -0.15) is 0 Å². The van der Waals surface area contributed by atoms with Crippen LogP contribution in [-0.2, 0) is 14.2 Å². The Morgan fingerprint density at radius 1 is 0.812 bits per heavy atom. The van der Waals surface area contributed by atoms with E-state index in [0.717, 1.165) is 0 Å². The van der Waals surface area contributed by atoms with E-state index < -0.39 is 31.5 Å². The molecule has 4 nitrogen and oxygen atoms in total. The highest BCUT2D eigenvalue weighted by atomic mass is 31.2. The molecule has 4 rings (SSSR count). The topological polar surface area (TPSA) is 47.9 Å². The molecule has 1 saturated heterocycles. The van der Waals surface area contributed by atoms with Crippen LogP contribution in [0.25, 0.3) is 0 Å². The van der Waals surface area contributed by atoms with E-state index in [1.807, 2.05) is 38.1 Å². The summed E-state index contributed by atoms with van der Waals surface area (Å²) in [5.74, 6) is 1.46. The first-order valence-corrected chi connectivity index (χ1v) is 12.6. The second-order valence-electron chi connectivity index (χ2n) is 8.26. The van der Waals surface area contributed by atoms with Crippen molar-refractivity contribution in [2.75, 3.05) is 7.11 Å². The van der Waals surface area contributed by atoms with Gasteiger partial charge in [0.05, 0.1) is 5.82 Å². The highest BCUT2D eigenvalue weighted by Crippen LogP contribution is 2.57. The summed E-state index contributed by atoms with van der Waals surface area (Å²) < 4.78 is 17.3. The molecule has 1 aliphatic heterocycles. The summed E-state index contributed by atoms with van der Waals surface area (Å²) in [6.07, 6.45) is -0.0992. The second-order valence-corrected chi connectivity index (χ2v) is 11.6. The van der Waals surface area contributed by atoms with Crippen molar-refractivity contribution in [3.8, 4) is 0 Å². The Hall–Kier alpha value is -2.33. The fraction of sp³-hybridized carbons (Fsp3) is 0.259. The number of benzene rings is 3. The minimum atomic E-state index is -2.15. The monoisotopic (exact) mass is 449 g/mol. The molecule has 1 fully saturated rings. The molecular formula is C27H30O4P+. The molecule has 0 bridgehead atoms. The van der Waals surface area contributed by atoms with Crippen molar-refractivity contribution in [1.82, 2.24) is 0 Å². The molecule has 3 atom stereocenters. The van der Waals surface area contributed by atoms with Crippen LogP contribution in [-0.4, -0.2) is 36.5 Å². The molecule has 3 aromatic carbocycles. The van der Waals surface area contributed by atoms with Gasteiger partial charge in [0.15, 0.2) is 12.1 Å². The predicted octanol–water partition coefficient (Wildman–Crippen LogP) is 3.98. The van der Waals surface area contributed by atoms with Crippen molar-refractivity contribution in [3.63, 3.8) is 0 Å². The summed E-state index contributed by atoms with van der Waals surface area (Å²) in [6.45, 7) is 3.70. The van der Waals surface area contributed by atoms with Crippen LogP contribution in [0.2, 0.25) is 0 Å². The fourth-order valence-corrected chi connectivity index (χ4v) is 8.00. The number of methoxy groups -OCH3 is 1. The third kappa shape index (κ3) is 4.56. The third-order valence-electron chi connectivity index (χ3n) is 5.68. The average molecular weight is 450 g/mol. The van der Waals surface area contributed by atoms with Gasteiger partial charge in [-0.05, 0) is 56.3 Å². The molecule has 166 valence electrons. The first-order chi connectivity index (χ1) is 15.5. The maximum atomic E-state index is 10.4. The standard InChI is InChI=1S/C27H30O4P/c1-27(2)30-24(25(31-27)26(28)29-3)19-20-32(21-13-7-4-8-14-21,22-15-9-5-10-16-22)23-17-11-6-12-18-23/h4-20,24-26,28H,1-3H3/q+1/b20-19+/t24?,25?,26-/m0/s1. The molecular weight excluding hydrogens is 419 g/mol. The van der Waals surface area contributed by atoms with Crippen LogP contribution in [0.5, 0.6) is 0 Å². The minimum Gasteiger partial charge on any atom is -0.366 e. The van der Waals surface area contributed by atoms with Crippen molar-refractivity contribution < 1.29 is 19.3 Å². The SMILES string of the molecule is CO[C@H](O)C1OC(C)(C)OC1/C=C/[P+](c1ccccc1)(c1ccccc1)c1ccccc1. The third-order valence-corrected chi connectivity index (χ3v) is 9.63. The molecule has 0 radical (unpaired) electrons. The van der Waals surface area contributed by atoms with Crippen LogP contribution in [0, 0.1) is 0 Å². The van der Waals surface area contributed by atoms with Gasteiger partial charge in [-0.3, -0.25) is 0 Å². The van der Waals surface area contributed by atoms with Crippen molar-refractivity contribution in [2.24, 2.45) is 0 Å². The zero-order valence-electron chi connectivity index (χ0n) is 18.7. The number of rotatable bonds is 7. The largest absolute Gasteiger partial charge is 0.366 e. The van der Waals surface area contributed by atoms with E-state index in [1.54, 1.807) is 0 Å². The molecule has 1 heterocycles. The number of hydrogen-bond acceptors (Lipinski definition) is 4. The number of hydrogen-bond donors (Lipinski definition) is 1. The van der Waals surface area contributed by atoms with Crippen LogP contribution in [0.1, 0.15) is 13.8 Å². The van der Waals surface area contributed by atoms with Crippen molar-refractivity contribution >= 4 is 23.2 Å². The van der Waals surface area contributed by atoms with E-state index >= 15 is 0 Å². The zero-order chi connectivity index (χ0) is 22.6. The fourth-order valence-electron chi connectivity index (χ4n) is 4.23. The summed E-state index contributed by atoms with van der Waals surface area (Å²) in [6, 6.07) is 31.8. The second kappa shape index (κ2) is 9.66. The van der Waals surface area contributed by atoms with Crippen LogP contribution >= 0.6 is 7.26 Å². The van der Waals surface area contributed by atoms with E-state index in [-0.39, 0.29) is 0 Å². The normalized spacial score (nSPS) is 21.6. The Labute approximate surface area is 190 Å². The van der Waals surface area contributed by atoms with E-state index in [2.05, 4.69) is 78.6 Å². The minimum absolute atomic E-state index is 0.449. The number of aliphatic hydroxyl groups excluding tert-OH is 1. The summed E-state index contributed by atoms with van der Waals surface area (Å²) in [5, 5.41) is 14.1. The van der Waals surface area contributed by atoms with Gasteiger partial charge >= 0.3 is 0 Å². The van der Waals surface area contributed by atoms with Gasteiger partial charge in [-0.1, -0.05) is 54.6 Å². The van der Waals surface area contributed by atoms with Gasteiger partial charge in [0.2, 0.25) is 0 Å². The van der Waals surface area contributed by atoms with Crippen molar-refractivity contribution in [3.05, 3.63) is 103 Å². The van der Waals surface area contributed by atoms with E-state index in [9.17, 15) is 5.11 Å². The maximum absolute atomic E-state index is 10.4. The molecule has 3 aromatic rings. The van der Waals surface area contributed by atoms with E-state index in [1.165, 1.54) is 23.0 Å². The van der Waals surface area contributed by atoms with Crippen LogP contribution in [0.3, 0.4) is 0 Å². The Bertz CT molecular complexity index is 925. The molecule has 2 unspecified atom stereocenters. The maximum Gasteiger partial charge on any atom is 0.183 e. The van der Waals surface area contributed by atoms with Crippen LogP contribution < -0.4 is 15.9 Å². The highest BCUT2D eigenvalue weighted by molar-refractivity contribution is 7.98. The van der Waals surface area contributed by atoms with Gasteiger partial charge in [-0.15, -0.1) is 0 Å². The van der Waals surface area contributed by atoms with Gasteiger partial charge in [0, 0.05) is 7.11 Å². The van der Waals surface area contributed by atoms with Crippen molar-refractivity contribution in [2.45, 2.75) is 38.1 Å². The summed E-state index contributed by atoms with van der Waals surface area (Å²) >= 11 is 0. The molecule has 0 amide bonds. The molecule has 0 saturated carbocycles. The lowest BCUT2D eigenvalue weighted by atomic mass is 10.2. The molecule has 0 aromatic heterocycles. The van der Waals surface area contributed by atoms with Gasteiger partial charge in [0.1, 0.15) is 35.4 Å². The number of aliphatic hydroxyl groups is 1. The van der Waals surface area contributed by atoms with Crippen LogP contribution in [0.15, 0.2) is 103 Å². The summed E-state index contributed by atoms with van der Waals surface area (Å²) in [7, 11) is -0.684. The van der Waals surface area contributed by atoms with E-state index in [4.69, 9.17) is 14.2 Å². The molecule has 1 N–H and O–H groups in total.